The number of amides is 2. The predicted molar refractivity (Wildman–Crippen MR) is 119 cm³/mol. The first-order chi connectivity index (χ1) is 14.4. The summed E-state index contributed by atoms with van der Waals surface area (Å²) in [5, 5.41) is 5.79. The number of rotatable bonds is 7. The van der Waals surface area contributed by atoms with E-state index in [1.54, 1.807) is 37.4 Å². The topological polar surface area (TPSA) is 72.4 Å². The molecule has 1 aromatic heterocycles. The summed E-state index contributed by atoms with van der Waals surface area (Å²) >= 11 is 6.23. The number of carbonyl (C=O) groups is 2. The minimum absolute atomic E-state index is 0.254. The molecule has 3 rings (SSSR count). The van der Waals surface area contributed by atoms with E-state index in [0.29, 0.717) is 30.0 Å². The molecule has 0 saturated heterocycles. The van der Waals surface area contributed by atoms with E-state index in [1.165, 1.54) is 0 Å². The maximum atomic E-state index is 12.6. The maximum Gasteiger partial charge on any atom is 0.255 e. The van der Waals surface area contributed by atoms with E-state index >= 15 is 0 Å². The van der Waals surface area contributed by atoms with Gasteiger partial charge in [0.2, 0.25) is 0 Å². The van der Waals surface area contributed by atoms with Crippen molar-refractivity contribution in [1.29, 1.82) is 0 Å². The van der Waals surface area contributed by atoms with Gasteiger partial charge in [-0.05, 0) is 68.4 Å². The standard InChI is InChI=1S/C23H24ClN3O3/c1-15-4-5-16(2)27(15)19-9-6-17(7-10-19)22(28)26-18-8-11-20(21(24)14-18)23(29)25-12-13-30-3/h4-11,14H,12-13H2,1-3H3,(H,25,29)(H,26,28). The minimum Gasteiger partial charge on any atom is -0.383 e. The summed E-state index contributed by atoms with van der Waals surface area (Å²) in [6.45, 7) is 4.89. The van der Waals surface area contributed by atoms with E-state index in [-0.39, 0.29) is 16.8 Å². The van der Waals surface area contributed by atoms with Crippen molar-refractivity contribution in [3.8, 4) is 5.69 Å². The first-order valence-electron chi connectivity index (χ1n) is 9.54. The maximum absolute atomic E-state index is 12.6. The second-order valence-electron chi connectivity index (χ2n) is 6.90. The molecule has 1 heterocycles. The molecule has 30 heavy (non-hydrogen) atoms. The lowest BCUT2D eigenvalue weighted by atomic mass is 10.1. The third-order valence-corrected chi connectivity index (χ3v) is 5.03. The highest BCUT2D eigenvalue weighted by Crippen LogP contribution is 2.22. The molecule has 6 nitrogen and oxygen atoms in total. The number of methoxy groups -OCH3 is 1. The van der Waals surface area contributed by atoms with Crippen molar-refractivity contribution in [2.75, 3.05) is 25.6 Å². The molecule has 0 fully saturated rings. The van der Waals surface area contributed by atoms with Crippen LogP contribution in [0.3, 0.4) is 0 Å². The Labute approximate surface area is 180 Å². The van der Waals surface area contributed by atoms with E-state index in [0.717, 1.165) is 17.1 Å². The number of anilines is 1. The second-order valence-corrected chi connectivity index (χ2v) is 7.30. The molecule has 2 amide bonds. The number of hydrogen-bond donors (Lipinski definition) is 2. The van der Waals surface area contributed by atoms with Crippen LogP contribution in [-0.4, -0.2) is 36.6 Å². The molecular weight excluding hydrogens is 402 g/mol. The van der Waals surface area contributed by atoms with Crippen LogP contribution in [0, 0.1) is 13.8 Å². The third kappa shape index (κ3) is 4.90. The zero-order chi connectivity index (χ0) is 21.7. The Balaban J connectivity index is 1.68. The number of aryl methyl sites for hydroxylation is 2. The van der Waals surface area contributed by atoms with Crippen molar-refractivity contribution in [2.24, 2.45) is 0 Å². The Morgan fingerprint density at radius 2 is 1.63 bits per heavy atom. The highest BCUT2D eigenvalue weighted by atomic mass is 35.5. The third-order valence-electron chi connectivity index (χ3n) is 4.72. The quantitative estimate of drug-likeness (QED) is 0.552. The monoisotopic (exact) mass is 425 g/mol. The average molecular weight is 426 g/mol. The molecule has 156 valence electrons. The van der Waals surface area contributed by atoms with Crippen LogP contribution in [-0.2, 0) is 4.74 Å². The summed E-state index contributed by atoms with van der Waals surface area (Å²) in [6, 6.07) is 16.3. The molecule has 0 aliphatic carbocycles. The van der Waals surface area contributed by atoms with Gasteiger partial charge >= 0.3 is 0 Å². The summed E-state index contributed by atoms with van der Waals surface area (Å²) < 4.78 is 7.03. The molecule has 2 N–H and O–H groups in total. The van der Waals surface area contributed by atoms with Gasteiger partial charge in [0.1, 0.15) is 0 Å². The molecule has 0 atom stereocenters. The van der Waals surface area contributed by atoms with Crippen LogP contribution in [0.2, 0.25) is 5.02 Å². The van der Waals surface area contributed by atoms with Gasteiger partial charge < -0.3 is 19.9 Å². The van der Waals surface area contributed by atoms with E-state index < -0.39 is 0 Å². The van der Waals surface area contributed by atoms with Crippen molar-refractivity contribution >= 4 is 29.1 Å². The van der Waals surface area contributed by atoms with Crippen LogP contribution >= 0.6 is 11.6 Å². The predicted octanol–water partition coefficient (Wildman–Crippen LogP) is 4.38. The molecule has 0 bridgehead atoms. The Hall–Kier alpha value is -3.09. The lowest BCUT2D eigenvalue weighted by molar-refractivity contribution is 0.0936. The smallest absolute Gasteiger partial charge is 0.255 e. The lowest BCUT2D eigenvalue weighted by Crippen LogP contribution is -2.27. The number of carbonyl (C=O) groups excluding carboxylic acids is 2. The number of nitrogens with one attached hydrogen (secondary N) is 2. The number of hydrogen-bond acceptors (Lipinski definition) is 3. The zero-order valence-corrected chi connectivity index (χ0v) is 17.9. The van der Waals surface area contributed by atoms with Crippen molar-refractivity contribution in [1.82, 2.24) is 9.88 Å². The summed E-state index contributed by atoms with van der Waals surface area (Å²) in [5.41, 5.74) is 4.64. The van der Waals surface area contributed by atoms with Gasteiger partial charge in [-0.3, -0.25) is 9.59 Å². The van der Waals surface area contributed by atoms with E-state index in [2.05, 4.69) is 27.3 Å². The van der Waals surface area contributed by atoms with Gasteiger partial charge in [-0.2, -0.15) is 0 Å². The first kappa shape index (κ1) is 21.6. The Morgan fingerprint density at radius 1 is 0.967 bits per heavy atom. The van der Waals surface area contributed by atoms with E-state index in [4.69, 9.17) is 16.3 Å². The number of aromatic nitrogens is 1. The molecule has 7 heteroatoms. The fourth-order valence-electron chi connectivity index (χ4n) is 3.18. The fourth-order valence-corrected chi connectivity index (χ4v) is 3.45. The Bertz CT molecular complexity index is 1040. The van der Waals surface area contributed by atoms with Gasteiger partial charge in [0.05, 0.1) is 17.2 Å². The van der Waals surface area contributed by atoms with Crippen LogP contribution in [0.5, 0.6) is 0 Å². The molecule has 0 saturated carbocycles. The SMILES string of the molecule is COCCNC(=O)c1ccc(NC(=O)c2ccc(-n3c(C)ccc3C)cc2)cc1Cl. The van der Waals surface area contributed by atoms with Crippen molar-refractivity contribution in [3.63, 3.8) is 0 Å². The Morgan fingerprint density at radius 3 is 2.23 bits per heavy atom. The summed E-state index contributed by atoms with van der Waals surface area (Å²) in [5.74, 6) is -0.544. The van der Waals surface area contributed by atoms with E-state index in [1.807, 2.05) is 26.0 Å². The molecule has 0 aliphatic rings. The van der Waals surface area contributed by atoms with Gasteiger partial charge in [0, 0.05) is 42.0 Å². The van der Waals surface area contributed by atoms with Crippen molar-refractivity contribution < 1.29 is 14.3 Å². The van der Waals surface area contributed by atoms with Crippen LogP contribution in [0.15, 0.2) is 54.6 Å². The highest BCUT2D eigenvalue weighted by Gasteiger charge is 2.13. The minimum atomic E-state index is -0.291. The summed E-state index contributed by atoms with van der Waals surface area (Å²) in [7, 11) is 1.56. The number of nitrogens with zero attached hydrogens (tertiary/aromatic N) is 1. The van der Waals surface area contributed by atoms with Crippen LogP contribution in [0.25, 0.3) is 5.69 Å². The van der Waals surface area contributed by atoms with Crippen LogP contribution < -0.4 is 10.6 Å². The molecular formula is C23H24ClN3O3. The van der Waals surface area contributed by atoms with Crippen molar-refractivity contribution in [2.45, 2.75) is 13.8 Å². The molecule has 2 aromatic carbocycles. The first-order valence-corrected chi connectivity index (χ1v) is 9.92. The molecule has 0 unspecified atom stereocenters. The summed E-state index contributed by atoms with van der Waals surface area (Å²) in [4.78, 5) is 24.7. The molecule has 3 aromatic rings. The second kappa shape index (κ2) is 9.61. The molecule has 0 radical (unpaired) electrons. The largest absolute Gasteiger partial charge is 0.383 e. The summed E-state index contributed by atoms with van der Waals surface area (Å²) in [6.07, 6.45) is 0. The van der Waals surface area contributed by atoms with Crippen LogP contribution in [0.4, 0.5) is 5.69 Å². The number of benzene rings is 2. The van der Waals surface area contributed by atoms with Gasteiger partial charge in [-0.1, -0.05) is 11.6 Å². The fraction of sp³-hybridized carbons (Fsp3) is 0.217. The lowest BCUT2D eigenvalue weighted by Gasteiger charge is -2.11. The van der Waals surface area contributed by atoms with Gasteiger partial charge in [0.15, 0.2) is 0 Å². The van der Waals surface area contributed by atoms with Crippen LogP contribution in [0.1, 0.15) is 32.1 Å². The highest BCUT2D eigenvalue weighted by molar-refractivity contribution is 6.34. The number of halogens is 1. The van der Waals surface area contributed by atoms with Gasteiger partial charge in [-0.25, -0.2) is 0 Å². The number of ether oxygens (including phenoxy) is 1. The van der Waals surface area contributed by atoms with Gasteiger partial charge in [0.25, 0.3) is 11.8 Å². The molecule has 0 aliphatic heterocycles. The molecule has 0 spiro atoms. The van der Waals surface area contributed by atoms with Gasteiger partial charge in [-0.15, -0.1) is 0 Å². The zero-order valence-electron chi connectivity index (χ0n) is 17.2. The average Bonchev–Trinajstić information content (AvgIpc) is 3.06. The van der Waals surface area contributed by atoms with E-state index in [9.17, 15) is 9.59 Å². The Kier molecular flexibility index (Phi) is 6.92. The van der Waals surface area contributed by atoms with Crippen molar-refractivity contribution in [3.05, 3.63) is 82.1 Å². The normalized spacial score (nSPS) is 10.7.